The summed E-state index contributed by atoms with van der Waals surface area (Å²) in [4.78, 5) is 41.2. The van der Waals surface area contributed by atoms with Crippen LogP contribution in [-0.2, 0) is 22.6 Å². The number of nitrogens with one attached hydrogen (secondary N) is 1. The van der Waals surface area contributed by atoms with E-state index in [1.165, 1.54) is 15.6 Å². The first kappa shape index (κ1) is 23.4. The summed E-state index contributed by atoms with van der Waals surface area (Å²) in [6.07, 6.45) is 0. The smallest absolute Gasteiger partial charge is 0.358 e. The highest BCUT2D eigenvalue weighted by Crippen LogP contribution is 2.39. The van der Waals surface area contributed by atoms with Gasteiger partial charge in [0.25, 0.3) is 5.91 Å². The van der Waals surface area contributed by atoms with E-state index in [1.807, 2.05) is 31.2 Å². The molecule has 36 heavy (non-hydrogen) atoms. The summed E-state index contributed by atoms with van der Waals surface area (Å²) in [5, 5.41) is 7.24. The molecule has 0 saturated carbocycles. The topological polar surface area (TPSA) is 112 Å². The van der Waals surface area contributed by atoms with Crippen molar-refractivity contribution in [3.63, 3.8) is 0 Å². The lowest BCUT2D eigenvalue weighted by atomic mass is 9.93. The van der Waals surface area contributed by atoms with E-state index in [-0.39, 0.29) is 43.8 Å². The number of rotatable bonds is 6. The molecule has 186 valence electrons. The Morgan fingerprint density at radius 1 is 1.11 bits per heavy atom. The van der Waals surface area contributed by atoms with Gasteiger partial charge in [0.2, 0.25) is 12.7 Å². The summed E-state index contributed by atoms with van der Waals surface area (Å²) < 4.78 is 17.3. The molecule has 2 amide bonds. The van der Waals surface area contributed by atoms with E-state index >= 15 is 0 Å². The SMILES string of the molecule is CCOC(=O)c1cc2n(n1)C[C@@](C)(C(=O)NCc1ccc(C)cc1)N(c1ccc3c(c1)OCO3)C2=O. The number of amides is 2. The highest BCUT2D eigenvalue weighted by atomic mass is 16.7. The molecule has 1 atom stereocenters. The van der Waals surface area contributed by atoms with Crippen molar-refractivity contribution in [3.05, 3.63) is 71.0 Å². The van der Waals surface area contributed by atoms with Crippen LogP contribution in [0.3, 0.4) is 0 Å². The summed E-state index contributed by atoms with van der Waals surface area (Å²) in [6.45, 7) is 5.94. The molecule has 1 aromatic heterocycles. The number of aryl methyl sites for hydroxylation is 1. The van der Waals surface area contributed by atoms with Crippen molar-refractivity contribution in [1.29, 1.82) is 0 Å². The molecule has 0 fully saturated rings. The number of anilines is 1. The van der Waals surface area contributed by atoms with E-state index in [9.17, 15) is 14.4 Å². The van der Waals surface area contributed by atoms with E-state index in [4.69, 9.17) is 14.2 Å². The van der Waals surface area contributed by atoms with E-state index in [0.29, 0.717) is 17.2 Å². The zero-order valence-electron chi connectivity index (χ0n) is 20.2. The fourth-order valence-corrected chi connectivity index (χ4v) is 4.39. The monoisotopic (exact) mass is 490 g/mol. The van der Waals surface area contributed by atoms with Gasteiger partial charge in [-0.15, -0.1) is 0 Å². The van der Waals surface area contributed by atoms with Gasteiger partial charge in [-0.25, -0.2) is 4.79 Å². The average Bonchev–Trinajstić information content (AvgIpc) is 3.50. The number of ether oxygens (including phenoxy) is 3. The van der Waals surface area contributed by atoms with E-state index in [0.717, 1.165) is 11.1 Å². The summed E-state index contributed by atoms with van der Waals surface area (Å²) in [7, 11) is 0. The molecule has 0 unspecified atom stereocenters. The zero-order valence-corrected chi connectivity index (χ0v) is 20.2. The zero-order chi connectivity index (χ0) is 25.4. The van der Waals surface area contributed by atoms with Crippen LogP contribution in [0.4, 0.5) is 5.69 Å². The lowest BCUT2D eigenvalue weighted by Crippen LogP contribution is -2.64. The summed E-state index contributed by atoms with van der Waals surface area (Å²) in [5.74, 6) is -0.436. The van der Waals surface area contributed by atoms with Crippen LogP contribution in [0, 0.1) is 6.92 Å². The van der Waals surface area contributed by atoms with Gasteiger partial charge in [-0.1, -0.05) is 29.8 Å². The number of benzene rings is 2. The van der Waals surface area contributed by atoms with Crippen LogP contribution in [0.5, 0.6) is 11.5 Å². The van der Waals surface area contributed by atoms with E-state index in [1.54, 1.807) is 32.0 Å². The molecule has 0 aliphatic carbocycles. The standard InChI is InChI=1S/C26H26N4O6/c1-4-34-24(32)19-12-20-23(31)30(18-9-10-21-22(11-18)36-15-35-21)26(3,14-29(20)28-19)25(33)27-13-17-7-5-16(2)6-8-17/h5-12H,4,13-15H2,1-3H3,(H,27,33)/t26-/m0/s1. The molecule has 0 saturated heterocycles. The van der Waals surface area contributed by atoms with Crippen LogP contribution in [0.1, 0.15) is 46.0 Å². The first-order valence-electron chi connectivity index (χ1n) is 11.6. The first-order chi connectivity index (χ1) is 17.3. The number of nitrogens with zero attached hydrogens (tertiary/aromatic N) is 3. The maximum atomic E-state index is 13.8. The number of aromatic nitrogens is 2. The molecule has 3 aromatic rings. The molecular formula is C26H26N4O6. The van der Waals surface area contributed by atoms with E-state index in [2.05, 4.69) is 10.4 Å². The number of carbonyl (C=O) groups is 3. The van der Waals surface area contributed by atoms with E-state index < -0.39 is 17.4 Å². The third-order valence-corrected chi connectivity index (χ3v) is 6.32. The van der Waals surface area contributed by atoms with Gasteiger partial charge < -0.3 is 19.5 Å². The maximum absolute atomic E-state index is 13.8. The molecule has 1 N–H and O–H groups in total. The molecule has 0 spiro atoms. The predicted molar refractivity (Wildman–Crippen MR) is 129 cm³/mol. The Morgan fingerprint density at radius 3 is 2.61 bits per heavy atom. The molecule has 5 rings (SSSR count). The first-order valence-corrected chi connectivity index (χ1v) is 11.6. The van der Waals surface area contributed by atoms with Crippen molar-refractivity contribution in [2.24, 2.45) is 0 Å². The lowest BCUT2D eigenvalue weighted by molar-refractivity contribution is -0.126. The van der Waals surface area contributed by atoms with Gasteiger partial charge in [-0.3, -0.25) is 19.2 Å². The minimum absolute atomic E-state index is 0.00940. The van der Waals surface area contributed by atoms with Gasteiger partial charge in [0.05, 0.1) is 13.2 Å². The minimum atomic E-state index is -1.36. The highest BCUT2D eigenvalue weighted by molar-refractivity contribution is 6.12. The van der Waals surface area contributed by atoms with Crippen LogP contribution >= 0.6 is 0 Å². The normalized spacial score (nSPS) is 18.1. The van der Waals surface area contributed by atoms with Gasteiger partial charge in [0.1, 0.15) is 11.2 Å². The number of hydrogen-bond donors (Lipinski definition) is 1. The number of esters is 1. The molecule has 0 bridgehead atoms. The highest BCUT2D eigenvalue weighted by Gasteiger charge is 2.49. The van der Waals surface area contributed by atoms with Crippen LogP contribution < -0.4 is 19.7 Å². The Bertz CT molecular complexity index is 1350. The molecule has 2 aromatic carbocycles. The Balaban J connectivity index is 1.52. The Labute approximate surface area is 207 Å². The van der Waals surface area contributed by atoms with Crippen LogP contribution in [0.15, 0.2) is 48.5 Å². The summed E-state index contributed by atoms with van der Waals surface area (Å²) in [5.41, 5.74) is 1.34. The average molecular weight is 491 g/mol. The second-order valence-electron chi connectivity index (χ2n) is 8.91. The molecule has 10 nitrogen and oxygen atoms in total. The van der Waals surface area contributed by atoms with Crippen LogP contribution in [0.25, 0.3) is 0 Å². The van der Waals surface area contributed by atoms with Gasteiger partial charge in [0.15, 0.2) is 17.2 Å². The quantitative estimate of drug-likeness (QED) is 0.529. The molecule has 2 aliphatic rings. The number of carbonyl (C=O) groups excluding carboxylic acids is 3. The maximum Gasteiger partial charge on any atom is 0.358 e. The van der Waals surface area contributed by atoms with Crippen molar-refractivity contribution in [3.8, 4) is 11.5 Å². The molecule has 2 aliphatic heterocycles. The van der Waals surface area contributed by atoms with Crippen molar-refractivity contribution in [1.82, 2.24) is 15.1 Å². The van der Waals surface area contributed by atoms with Gasteiger partial charge >= 0.3 is 5.97 Å². The summed E-state index contributed by atoms with van der Waals surface area (Å²) >= 11 is 0. The van der Waals surface area contributed by atoms with Gasteiger partial charge in [-0.2, -0.15) is 5.10 Å². The second kappa shape index (κ2) is 9.03. The number of hydrogen-bond acceptors (Lipinski definition) is 7. The van der Waals surface area contributed by atoms with Gasteiger partial charge in [0, 0.05) is 24.4 Å². The number of fused-ring (bicyclic) bond motifs is 2. The fourth-order valence-electron chi connectivity index (χ4n) is 4.39. The third kappa shape index (κ3) is 4.04. The lowest BCUT2D eigenvalue weighted by Gasteiger charge is -2.43. The summed E-state index contributed by atoms with van der Waals surface area (Å²) in [6, 6.07) is 14.3. The Hall–Kier alpha value is -4.34. The van der Waals surface area contributed by atoms with Crippen LogP contribution in [0.2, 0.25) is 0 Å². The predicted octanol–water partition coefficient (Wildman–Crippen LogP) is 2.83. The largest absolute Gasteiger partial charge is 0.461 e. The van der Waals surface area contributed by atoms with Crippen molar-refractivity contribution in [2.45, 2.75) is 39.4 Å². The third-order valence-electron chi connectivity index (χ3n) is 6.32. The van der Waals surface area contributed by atoms with Crippen molar-refractivity contribution < 1.29 is 28.6 Å². The van der Waals surface area contributed by atoms with Crippen molar-refractivity contribution in [2.75, 3.05) is 18.3 Å². The molecule has 3 heterocycles. The van der Waals surface area contributed by atoms with Crippen molar-refractivity contribution >= 4 is 23.5 Å². The second-order valence-corrected chi connectivity index (χ2v) is 8.91. The Morgan fingerprint density at radius 2 is 1.86 bits per heavy atom. The van der Waals surface area contributed by atoms with Gasteiger partial charge in [-0.05, 0) is 38.5 Å². The molecule has 0 radical (unpaired) electrons. The fraction of sp³-hybridized carbons (Fsp3) is 0.308. The molecular weight excluding hydrogens is 464 g/mol. The van der Waals surface area contributed by atoms with Crippen LogP contribution in [-0.4, -0.2) is 46.5 Å². The Kier molecular flexibility index (Phi) is 5.87. The molecule has 10 heteroatoms. The minimum Gasteiger partial charge on any atom is -0.461 e.